The summed E-state index contributed by atoms with van der Waals surface area (Å²) in [5.74, 6) is 2.93. The molecule has 1 aliphatic rings. The van der Waals surface area contributed by atoms with Crippen LogP contribution < -0.4 is 16.0 Å². The number of piperidine rings is 1. The lowest BCUT2D eigenvalue weighted by Crippen LogP contribution is -2.34. The summed E-state index contributed by atoms with van der Waals surface area (Å²) in [6, 6.07) is 3.92. The maximum absolute atomic E-state index is 6.27. The van der Waals surface area contributed by atoms with Crippen LogP contribution in [0.3, 0.4) is 0 Å². The van der Waals surface area contributed by atoms with Gasteiger partial charge in [-0.1, -0.05) is 13.0 Å². The molecular weight excluding hydrogens is 276 g/mol. The molecule has 6 nitrogen and oxygen atoms in total. The minimum atomic E-state index is 0.583. The smallest absolute Gasteiger partial charge is 0.160 e. The van der Waals surface area contributed by atoms with Crippen LogP contribution in [0.4, 0.5) is 23.1 Å². The Morgan fingerprint density at radius 2 is 1.95 bits per heavy atom. The van der Waals surface area contributed by atoms with E-state index < -0.39 is 0 Å². The van der Waals surface area contributed by atoms with Gasteiger partial charge in [-0.2, -0.15) is 0 Å². The molecule has 0 saturated carbocycles. The normalized spacial score (nSPS) is 15.8. The topological polar surface area (TPSA) is 80.0 Å². The monoisotopic (exact) mass is 298 g/mol. The van der Waals surface area contributed by atoms with E-state index in [-0.39, 0.29) is 0 Å². The second kappa shape index (κ2) is 6.17. The van der Waals surface area contributed by atoms with Crippen molar-refractivity contribution in [3.05, 3.63) is 30.2 Å². The van der Waals surface area contributed by atoms with Gasteiger partial charge in [-0.15, -0.1) is 0 Å². The summed E-state index contributed by atoms with van der Waals surface area (Å²) >= 11 is 0. The van der Waals surface area contributed by atoms with Gasteiger partial charge in [0.1, 0.15) is 17.8 Å². The number of pyridine rings is 1. The van der Waals surface area contributed by atoms with Crippen molar-refractivity contribution in [3.63, 3.8) is 0 Å². The molecule has 0 radical (unpaired) electrons. The molecule has 0 spiro atoms. The van der Waals surface area contributed by atoms with Crippen molar-refractivity contribution in [1.29, 1.82) is 0 Å². The second-order valence-electron chi connectivity index (χ2n) is 5.97. The first-order valence-electron chi connectivity index (χ1n) is 7.68. The first-order valence-corrected chi connectivity index (χ1v) is 7.68. The molecule has 3 rings (SSSR count). The van der Waals surface area contributed by atoms with Crippen LogP contribution in [0.1, 0.15) is 25.3 Å². The number of nitrogens with one attached hydrogen (secondary N) is 1. The zero-order valence-electron chi connectivity index (χ0n) is 13.1. The Morgan fingerprint density at radius 3 is 2.64 bits per heavy atom. The predicted molar refractivity (Wildman–Crippen MR) is 89.3 cm³/mol. The molecule has 1 fully saturated rings. The van der Waals surface area contributed by atoms with E-state index in [0.717, 1.165) is 36.2 Å². The van der Waals surface area contributed by atoms with Crippen molar-refractivity contribution < 1.29 is 0 Å². The van der Waals surface area contributed by atoms with Crippen molar-refractivity contribution in [2.45, 2.75) is 26.7 Å². The van der Waals surface area contributed by atoms with Crippen LogP contribution in [-0.2, 0) is 0 Å². The number of aromatic nitrogens is 3. The van der Waals surface area contributed by atoms with E-state index >= 15 is 0 Å². The van der Waals surface area contributed by atoms with E-state index in [1.54, 1.807) is 6.33 Å². The SMILES string of the molecule is Cc1ccc(Nc2ncnc(N3CCC(C)CC3)c2N)nc1. The van der Waals surface area contributed by atoms with Crippen LogP contribution in [0.2, 0.25) is 0 Å². The maximum atomic E-state index is 6.27. The molecule has 22 heavy (non-hydrogen) atoms. The second-order valence-corrected chi connectivity index (χ2v) is 5.97. The van der Waals surface area contributed by atoms with Crippen molar-refractivity contribution in [2.24, 2.45) is 5.92 Å². The summed E-state index contributed by atoms with van der Waals surface area (Å²) < 4.78 is 0. The van der Waals surface area contributed by atoms with Gasteiger partial charge < -0.3 is 16.0 Å². The first-order chi connectivity index (χ1) is 10.6. The Kier molecular flexibility index (Phi) is 4.09. The van der Waals surface area contributed by atoms with Crippen molar-refractivity contribution >= 4 is 23.1 Å². The Labute approximate surface area is 130 Å². The predicted octanol–water partition coefficient (Wildman–Crippen LogP) is 2.74. The first kappa shape index (κ1) is 14.6. The minimum Gasteiger partial charge on any atom is -0.393 e. The fourth-order valence-electron chi connectivity index (χ4n) is 2.62. The molecule has 3 N–H and O–H groups in total. The number of hydrogen-bond acceptors (Lipinski definition) is 6. The number of nitrogen functional groups attached to an aromatic ring is 1. The molecule has 0 bridgehead atoms. The van der Waals surface area contributed by atoms with Gasteiger partial charge in [-0.3, -0.25) is 0 Å². The van der Waals surface area contributed by atoms with Gasteiger partial charge in [-0.05, 0) is 37.3 Å². The average Bonchev–Trinajstić information content (AvgIpc) is 2.53. The fraction of sp³-hybridized carbons (Fsp3) is 0.438. The molecule has 0 amide bonds. The summed E-state index contributed by atoms with van der Waals surface area (Å²) in [6.45, 7) is 6.28. The lowest BCUT2D eigenvalue weighted by Gasteiger charge is -2.32. The fourth-order valence-corrected chi connectivity index (χ4v) is 2.62. The molecule has 0 unspecified atom stereocenters. The summed E-state index contributed by atoms with van der Waals surface area (Å²) in [6.07, 6.45) is 5.71. The highest BCUT2D eigenvalue weighted by Crippen LogP contribution is 2.30. The molecular formula is C16H22N6. The van der Waals surface area contributed by atoms with E-state index in [1.807, 2.05) is 25.3 Å². The summed E-state index contributed by atoms with van der Waals surface area (Å²) in [5, 5.41) is 3.17. The average molecular weight is 298 g/mol. The van der Waals surface area contributed by atoms with Crippen molar-refractivity contribution in [3.8, 4) is 0 Å². The number of anilines is 4. The van der Waals surface area contributed by atoms with Crippen LogP contribution in [0.25, 0.3) is 0 Å². The number of nitrogens with two attached hydrogens (primary N) is 1. The van der Waals surface area contributed by atoms with Crippen molar-refractivity contribution in [2.75, 3.05) is 29.0 Å². The molecule has 6 heteroatoms. The Bertz CT molecular complexity index is 632. The van der Waals surface area contributed by atoms with Gasteiger partial charge >= 0.3 is 0 Å². The Hall–Kier alpha value is -2.37. The van der Waals surface area contributed by atoms with Crippen LogP contribution in [-0.4, -0.2) is 28.0 Å². The largest absolute Gasteiger partial charge is 0.393 e. The van der Waals surface area contributed by atoms with Gasteiger partial charge in [-0.25, -0.2) is 15.0 Å². The number of nitrogens with zero attached hydrogens (tertiary/aromatic N) is 4. The number of rotatable bonds is 3. The molecule has 1 saturated heterocycles. The summed E-state index contributed by atoms with van der Waals surface area (Å²) in [4.78, 5) is 15.2. The highest BCUT2D eigenvalue weighted by Gasteiger charge is 2.20. The highest BCUT2D eigenvalue weighted by atomic mass is 15.2. The van der Waals surface area contributed by atoms with E-state index in [9.17, 15) is 0 Å². The quantitative estimate of drug-likeness (QED) is 0.907. The molecule has 0 atom stereocenters. The molecule has 116 valence electrons. The van der Waals surface area contributed by atoms with Gasteiger partial charge in [0.05, 0.1) is 0 Å². The van der Waals surface area contributed by atoms with E-state index in [4.69, 9.17) is 5.73 Å². The molecule has 0 aromatic carbocycles. The van der Waals surface area contributed by atoms with E-state index in [2.05, 4.69) is 32.1 Å². The number of hydrogen-bond donors (Lipinski definition) is 2. The molecule has 3 heterocycles. The zero-order chi connectivity index (χ0) is 15.5. The highest BCUT2D eigenvalue weighted by molar-refractivity contribution is 5.77. The molecule has 0 aliphatic carbocycles. The Morgan fingerprint density at radius 1 is 1.18 bits per heavy atom. The third-order valence-electron chi connectivity index (χ3n) is 4.10. The molecule has 2 aromatic heterocycles. The summed E-state index contributed by atoms with van der Waals surface area (Å²) in [5.41, 5.74) is 7.97. The maximum Gasteiger partial charge on any atom is 0.160 e. The third kappa shape index (κ3) is 3.10. The van der Waals surface area contributed by atoms with Crippen molar-refractivity contribution in [1.82, 2.24) is 15.0 Å². The lowest BCUT2D eigenvalue weighted by molar-refractivity contribution is 0.437. The molecule has 1 aliphatic heterocycles. The summed E-state index contributed by atoms with van der Waals surface area (Å²) in [7, 11) is 0. The number of aryl methyl sites for hydroxylation is 1. The lowest BCUT2D eigenvalue weighted by atomic mass is 9.99. The van der Waals surface area contributed by atoms with Gasteiger partial charge in [0.25, 0.3) is 0 Å². The zero-order valence-corrected chi connectivity index (χ0v) is 13.1. The van der Waals surface area contributed by atoms with Crippen LogP contribution >= 0.6 is 0 Å². The van der Waals surface area contributed by atoms with E-state index in [0.29, 0.717) is 11.5 Å². The van der Waals surface area contributed by atoms with Gasteiger partial charge in [0.2, 0.25) is 0 Å². The van der Waals surface area contributed by atoms with Gasteiger partial charge in [0.15, 0.2) is 11.6 Å². The van der Waals surface area contributed by atoms with Crippen LogP contribution in [0.15, 0.2) is 24.7 Å². The van der Waals surface area contributed by atoms with Crippen LogP contribution in [0.5, 0.6) is 0 Å². The van der Waals surface area contributed by atoms with Crippen LogP contribution in [0, 0.1) is 12.8 Å². The Balaban J connectivity index is 1.81. The minimum absolute atomic E-state index is 0.583. The third-order valence-corrected chi connectivity index (χ3v) is 4.10. The van der Waals surface area contributed by atoms with Gasteiger partial charge in [0, 0.05) is 19.3 Å². The molecule has 2 aromatic rings. The standard InChI is InChI=1S/C16H22N6/c1-11-5-7-22(8-6-11)16-14(17)15(19-10-20-16)21-13-4-3-12(2)9-18-13/h3-4,9-11H,5-8,17H2,1-2H3,(H,18,19,20,21). The van der Waals surface area contributed by atoms with E-state index in [1.165, 1.54) is 12.8 Å².